The Morgan fingerprint density at radius 2 is 1.85 bits per heavy atom. The summed E-state index contributed by atoms with van der Waals surface area (Å²) >= 11 is 0. The summed E-state index contributed by atoms with van der Waals surface area (Å²) in [5.74, 6) is 1.37. The highest BCUT2D eigenvalue weighted by molar-refractivity contribution is 5.88. The number of fused-ring (bicyclic) bond motifs is 1. The molecule has 1 aliphatic carbocycles. The van der Waals surface area contributed by atoms with Gasteiger partial charge in [0.05, 0.1) is 5.39 Å². The van der Waals surface area contributed by atoms with Crippen LogP contribution in [0.15, 0.2) is 22.7 Å². The van der Waals surface area contributed by atoms with E-state index in [1.54, 1.807) is 6.07 Å². The van der Waals surface area contributed by atoms with E-state index >= 15 is 0 Å². The molecule has 4 rings (SSSR count). The standard InChI is InChI=1S/C19H27FN4O.ClH/c20-15-3-6-18-17(13-15)19(22-25-18)24-11-9-23(10-12-24)8-7-14-1-4-16(21)5-2-14;/h3,6,13-14,16H,1-2,4-5,7-12,21H2;1H/t14-,16-;. The molecule has 1 aromatic carbocycles. The molecule has 1 aliphatic heterocycles. The third-order valence-corrected chi connectivity index (χ3v) is 5.83. The van der Waals surface area contributed by atoms with Crippen molar-refractivity contribution in [2.45, 2.75) is 38.1 Å². The summed E-state index contributed by atoms with van der Waals surface area (Å²) in [6.07, 6.45) is 6.24. The Morgan fingerprint density at radius 3 is 2.58 bits per heavy atom. The zero-order valence-electron chi connectivity index (χ0n) is 15.1. The summed E-state index contributed by atoms with van der Waals surface area (Å²) in [5.41, 5.74) is 6.64. The van der Waals surface area contributed by atoms with Crippen molar-refractivity contribution in [3.05, 3.63) is 24.0 Å². The van der Waals surface area contributed by atoms with Crippen LogP contribution in [-0.2, 0) is 0 Å². The van der Waals surface area contributed by atoms with Gasteiger partial charge < -0.3 is 15.2 Å². The molecule has 1 aromatic heterocycles. The number of anilines is 1. The SMILES string of the molecule is Cl.N[C@H]1CC[C@H](CCN2CCN(c3noc4ccc(F)cc34)CC2)CC1. The van der Waals surface area contributed by atoms with Gasteiger partial charge in [0.25, 0.3) is 0 Å². The van der Waals surface area contributed by atoms with E-state index in [4.69, 9.17) is 10.3 Å². The first kappa shape index (κ1) is 19.4. The van der Waals surface area contributed by atoms with Crippen molar-refractivity contribution in [2.24, 2.45) is 11.7 Å². The maximum absolute atomic E-state index is 13.5. The number of aromatic nitrogens is 1. The first-order valence-corrected chi connectivity index (χ1v) is 9.47. The van der Waals surface area contributed by atoms with E-state index in [-0.39, 0.29) is 18.2 Å². The molecule has 1 saturated carbocycles. The van der Waals surface area contributed by atoms with Crippen LogP contribution >= 0.6 is 12.4 Å². The normalized spacial score (nSPS) is 24.6. The van der Waals surface area contributed by atoms with Gasteiger partial charge in [0.1, 0.15) is 5.82 Å². The molecule has 0 amide bonds. The fourth-order valence-corrected chi connectivity index (χ4v) is 4.15. The molecule has 0 radical (unpaired) electrons. The molecule has 5 nitrogen and oxygen atoms in total. The van der Waals surface area contributed by atoms with Crippen LogP contribution in [0.4, 0.5) is 10.2 Å². The van der Waals surface area contributed by atoms with Crippen LogP contribution in [0.25, 0.3) is 11.0 Å². The van der Waals surface area contributed by atoms with Crippen molar-refractivity contribution in [3.8, 4) is 0 Å². The third kappa shape index (κ3) is 4.30. The number of benzene rings is 1. The largest absolute Gasteiger partial charge is 0.354 e. The highest BCUT2D eigenvalue weighted by Crippen LogP contribution is 2.28. The van der Waals surface area contributed by atoms with Crippen molar-refractivity contribution in [3.63, 3.8) is 0 Å². The van der Waals surface area contributed by atoms with Crippen LogP contribution in [0.3, 0.4) is 0 Å². The molecule has 2 aromatic rings. The molecule has 2 heterocycles. The number of hydrogen-bond donors (Lipinski definition) is 1. The summed E-state index contributed by atoms with van der Waals surface area (Å²) in [7, 11) is 0. The van der Waals surface area contributed by atoms with E-state index < -0.39 is 0 Å². The van der Waals surface area contributed by atoms with Gasteiger partial charge >= 0.3 is 0 Å². The van der Waals surface area contributed by atoms with Crippen molar-refractivity contribution in [1.29, 1.82) is 0 Å². The number of halogens is 2. The smallest absolute Gasteiger partial charge is 0.180 e. The summed E-state index contributed by atoms with van der Waals surface area (Å²) < 4.78 is 18.9. The van der Waals surface area contributed by atoms with Crippen molar-refractivity contribution < 1.29 is 8.91 Å². The lowest BCUT2D eigenvalue weighted by atomic mass is 9.84. The van der Waals surface area contributed by atoms with E-state index in [0.29, 0.717) is 11.6 Å². The van der Waals surface area contributed by atoms with E-state index in [0.717, 1.165) is 43.3 Å². The minimum atomic E-state index is -0.247. The van der Waals surface area contributed by atoms with Gasteiger partial charge in [-0.2, -0.15) is 0 Å². The zero-order valence-corrected chi connectivity index (χ0v) is 15.9. The van der Waals surface area contributed by atoms with Crippen LogP contribution in [0.5, 0.6) is 0 Å². The number of nitrogens with two attached hydrogens (primary N) is 1. The third-order valence-electron chi connectivity index (χ3n) is 5.83. The quantitative estimate of drug-likeness (QED) is 0.878. The van der Waals surface area contributed by atoms with E-state index in [2.05, 4.69) is 15.0 Å². The highest BCUT2D eigenvalue weighted by atomic mass is 35.5. The predicted molar refractivity (Wildman–Crippen MR) is 104 cm³/mol. The average Bonchev–Trinajstić information content (AvgIpc) is 3.05. The first-order valence-electron chi connectivity index (χ1n) is 9.47. The van der Waals surface area contributed by atoms with Gasteiger partial charge in [0.15, 0.2) is 11.4 Å². The fraction of sp³-hybridized carbons (Fsp3) is 0.632. The van der Waals surface area contributed by atoms with Gasteiger partial charge in [-0.05, 0) is 62.8 Å². The molecule has 0 bridgehead atoms. The van der Waals surface area contributed by atoms with Gasteiger partial charge in [-0.1, -0.05) is 5.16 Å². The number of nitrogens with zero attached hydrogens (tertiary/aromatic N) is 3. The van der Waals surface area contributed by atoms with E-state index in [1.165, 1.54) is 50.8 Å². The molecule has 7 heteroatoms. The second kappa shape index (κ2) is 8.55. The van der Waals surface area contributed by atoms with Gasteiger partial charge in [-0.3, -0.25) is 4.90 Å². The Kier molecular flexibility index (Phi) is 6.37. The monoisotopic (exact) mass is 382 g/mol. The van der Waals surface area contributed by atoms with Crippen LogP contribution in [0.2, 0.25) is 0 Å². The molecular formula is C19H28ClFN4O. The molecule has 1 saturated heterocycles. The number of piperazine rings is 1. The molecule has 2 N–H and O–H groups in total. The number of hydrogen-bond acceptors (Lipinski definition) is 5. The predicted octanol–water partition coefficient (Wildman–Crippen LogP) is 3.42. The topological polar surface area (TPSA) is 58.5 Å². The highest BCUT2D eigenvalue weighted by Gasteiger charge is 2.23. The zero-order chi connectivity index (χ0) is 17.2. The molecule has 0 unspecified atom stereocenters. The maximum Gasteiger partial charge on any atom is 0.180 e. The minimum Gasteiger partial charge on any atom is -0.354 e. The summed E-state index contributed by atoms with van der Waals surface area (Å²) in [6, 6.07) is 5.00. The molecular weight excluding hydrogens is 355 g/mol. The Balaban J connectivity index is 0.00000196. The van der Waals surface area contributed by atoms with Gasteiger partial charge in [0.2, 0.25) is 0 Å². The first-order chi connectivity index (χ1) is 12.2. The molecule has 26 heavy (non-hydrogen) atoms. The van der Waals surface area contributed by atoms with E-state index in [9.17, 15) is 4.39 Å². The van der Waals surface area contributed by atoms with Crippen molar-refractivity contribution >= 4 is 29.2 Å². The maximum atomic E-state index is 13.5. The molecule has 2 fully saturated rings. The average molecular weight is 383 g/mol. The lowest BCUT2D eigenvalue weighted by Crippen LogP contribution is -2.47. The minimum absolute atomic E-state index is 0. The molecule has 0 spiro atoms. The van der Waals surface area contributed by atoms with Crippen molar-refractivity contribution in [2.75, 3.05) is 37.6 Å². The molecule has 144 valence electrons. The van der Waals surface area contributed by atoms with Gasteiger partial charge in [0, 0.05) is 32.2 Å². The van der Waals surface area contributed by atoms with Crippen LogP contribution in [0, 0.1) is 11.7 Å². The summed E-state index contributed by atoms with van der Waals surface area (Å²) in [6.45, 7) is 5.04. The van der Waals surface area contributed by atoms with Crippen LogP contribution in [-0.4, -0.2) is 48.8 Å². The fourth-order valence-electron chi connectivity index (χ4n) is 4.15. The molecule has 2 aliphatic rings. The Bertz CT molecular complexity index is 709. The van der Waals surface area contributed by atoms with Gasteiger partial charge in [-0.15, -0.1) is 12.4 Å². The summed E-state index contributed by atoms with van der Waals surface area (Å²) in [5, 5.41) is 4.94. The summed E-state index contributed by atoms with van der Waals surface area (Å²) in [4.78, 5) is 4.75. The molecule has 0 atom stereocenters. The van der Waals surface area contributed by atoms with Crippen LogP contribution in [0.1, 0.15) is 32.1 Å². The Morgan fingerprint density at radius 1 is 1.12 bits per heavy atom. The van der Waals surface area contributed by atoms with Crippen LogP contribution < -0.4 is 10.6 Å². The lowest BCUT2D eigenvalue weighted by Gasteiger charge is -2.36. The second-order valence-electron chi connectivity index (χ2n) is 7.54. The Labute approximate surface area is 160 Å². The second-order valence-corrected chi connectivity index (χ2v) is 7.54. The van der Waals surface area contributed by atoms with Gasteiger partial charge in [-0.25, -0.2) is 4.39 Å². The van der Waals surface area contributed by atoms with E-state index in [1.807, 2.05) is 0 Å². The Hall–Kier alpha value is -1.37. The van der Waals surface area contributed by atoms with Crippen molar-refractivity contribution in [1.82, 2.24) is 10.1 Å². The number of rotatable bonds is 4. The lowest BCUT2D eigenvalue weighted by molar-refractivity contribution is 0.216.